The van der Waals surface area contributed by atoms with Crippen molar-refractivity contribution in [2.75, 3.05) is 0 Å². The highest BCUT2D eigenvalue weighted by Gasteiger charge is 2.74. The number of fused-ring (bicyclic) bond motifs is 3. The van der Waals surface area contributed by atoms with Crippen molar-refractivity contribution in [3.8, 4) is 24.3 Å². The number of ketones is 1. The van der Waals surface area contributed by atoms with Crippen molar-refractivity contribution < 1.29 is 4.79 Å². The zero-order valence-electron chi connectivity index (χ0n) is 10.8. The number of rotatable bonds is 0. The van der Waals surface area contributed by atoms with Crippen molar-refractivity contribution in [3.05, 3.63) is 0 Å². The van der Waals surface area contributed by atoms with Crippen molar-refractivity contribution in [2.24, 2.45) is 28.1 Å². The van der Waals surface area contributed by atoms with E-state index < -0.39 is 28.1 Å². The number of carbonyl (C=O) groups excluding carboxylic acids is 1. The van der Waals surface area contributed by atoms with Crippen LogP contribution in [0.1, 0.15) is 26.7 Å². The fraction of sp³-hybridized carbons (Fsp3) is 0.643. The predicted octanol–water partition coefficient (Wildman–Crippen LogP) is 1.69. The first-order chi connectivity index (χ1) is 8.85. The number of hydrogen-bond acceptors (Lipinski definition) is 5. The van der Waals surface area contributed by atoms with Crippen LogP contribution in [0, 0.1) is 73.4 Å². The highest BCUT2D eigenvalue weighted by Crippen LogP contribution is 2.66. The molecule has 94 valence electrons. The molecule has 3 rings (SSSR count). The molecule has 0 amide bonds. The van der Waals surface area contributed by atoms with Crippen LogP contribution in [0.5, 0.6) is 0 Å². The molecule has 0 saturated heterocycles. The van der Waals surface area contributed by atoms with E-state index in [0.29, 0.717) is 6.42 Å². The zero-order valence-corrected chi connectivity index (χ0v) is 10.8. The minimum atomic E-state index is -1.86. The summed E-state index contributed by atoms with van der Waals surface area (Å²) in [5.74, 6) is -1.60. The molecule has 0 aromatic heterocycles. The monoisotopic (exact) mass is 252 g/mol. The smallest absolute Gasteiger partial charge is 0.185 e. The van der Waals surface area contributed by atoms with Gasteiger partial charge in [0.05, 0.1) is 30.2 Å². The van der Waals surface area contributed by atoms with E-state index in [1.54, 1.807) is 0 Å². The van der Waals surface area contributed by atoms with E-state index in [1.807, 2.05) is 38.1 Å². The fourth-order valence-corrected chi connectivity index (χ4v) is 4.02. The maximum absolute atomic E-state index is 12.2. The highest BCUT2D eigenvalue weighted by molar-refractivity contribution is 5.87. The summed E-state index contributed by atoms with van der Waals surface area (Å²) < 4.78 is 0. The molecule has 0 spiro atoms. The maximum atomic E-state index is 12.2. The molecule has 3 aliphatic rings. The Balaban J connectivity index is 2.83. The minimum Gasteiger partial charge on any atom is -0.299 e. The van der Waals surface area contributed by atoms with Gasteiger partial charge in [0.2, 0.25) is 0 Å². The van der Waals surface area contributed by atoms with Crippen molar-refractivity contribution in [1.29, 1.82) is 21.0 Å². The third-order valence-electron chi connectivity index (χ3n) is 4.70. The van der Waals surface area contributed by atoms with Gasteiger partial charge >= 0.3 is 0 Å². The third kappa shape index (κ3) is 1.18. The van der Waals surface area contributed by atoms with Crippen LogP contribution in [0.4, 0.5) is 0 Å². The molecule has 2 bridgehead atoms. The lowest BCUT2D eigenvalue weighted by atomic mass is 9.38. The van der Waals surface area contributed by atoms with Gasteiger partial charge in [0.1, 0.15) is 5.78 Å². The Morgan fingerprint density at radius 2 is 1.47 bits per heavy atom. The Bertz CT molecular complexity index is 592. The summed E-state index contributed by atoms with van der Waals surface area (Å²) in [5.41, 5.74) is -4.11. The normalized spacial score (nSPS) is 32.4. The second kappa shape index (κ2) is 3.57. The van der Waals surface area contributed by atoms with Crippen molar-refractivity contribution >= 4 is 5.78 Å². The standard InChI is InChI=1S/C14H12N4O/c1-12(2)4-9-3-10(19)11(12)14(7-17,8-18)13(9,5-15)6-16/h9,11H,3-4H2,1-2H3. The van der Waals surface area contributed by atoms with Crippen molar-refractivity contribution in [2.45, 2.75) is 26.7 Å². The lowest BCUT2D eigenvalue weighted by Gasteiger charge is -2.57. The summed E-state index contributed by atoms with van der Waals surface area (Å²) in [7, 11) is 0. The summed E-state index contributed by atoms with van der Waals surface area (Å²) in [4.78, 5) is 12.2. The van der Waals surface area contributed by atoms with E-state index in [0.717, 1.165) is 0 Å². The van der Waals surface area contributed by atoms with Gasteiger partial charge in [-0.3, -0.25) is 4.79 Å². The lowest BCUT2D eigenvalue weighted by Crippen LogP contribution is -2.64. The molecule has 5 nitrogen and oxygen atoms in total. The maximum Gasteiger partial charge on any atom is 0.185 e. The second-order valence-electron chi connectivity index (χ2n) is 6.06. The highest BCUT2D eigenvalue weighted by atomic mass is 16.1. The van der Waals surface area contributed by atoms with E-state index in [2.05, 4.69) is 0 Å². The molecule has 2 atom stereocenters. The Morgan fingerprint density at radius 3 is 1.84 bits per heavy atom. The molecule has 2 unspecified atom stereocenters. The minimum absolute atomic E-state index is 0.111. The quantitative estimate of drug-likeness (QED) is 0.651. The lowest BCUT2D eigenvalue weighted by molar-refractivity contribution is -0.154. The summed E-state index contributed by atoms with van der Waals surface area (Å²) in [5, 5.41) is 37.8. The van der Waals surface area contributed by atoms with Gasteiger partial charge in [0, 0.05) is 12.3 Å². The topological polar surface area (TPSA) is 112 Å². The molecule has 0 aromatic carbocycles. The molecule has 0 aliphatic heterocycles. The van der Waals surface area contributed by atoms with Crippen LogP contribution in [0.3, 0.4) is 0 Å². The van der Waals surface area contributed by atoms with Gasteiger partial charge < -0.3 is 0 Å². The van der Waals surface area contributed by atoms with E-state index in [4.69, 9.17) is 0 Å². The number of nitriles is 4. The number of Topliss-reactive ketones (excluding diaryl/α,β-unsaturated/α-hetero) is 1. The largest absolute Gasteiger partial charge is 0.299 e. The number of carbonyl (C=O) groups is 1. The van der Waals surface area contributed by atoms with Crippen molar-refractivity contribution in [1.82, 2.24) is 0 Å². The molecule has 5 heteroatoms. The molecular formula is C14H12N4O. The van der Waals surface area contributed by atoms with Gasteiger partial charge in [0.25, 0.3) is 0 Å². The van der Waals surface area contributed by atoms with Crippen LogP contribution in [-0.2, 0) is 4.79 Å². The summed E-state index contributed by atoms with van der Waals surface area (Å²) in [6, 6.07) is 7.48. The van der Waals surface area contributed by atoms with E-state index in [1.165, 1.54) is 0 Å². The predicted molar refractivity (Wildman–Crippen MR) is 62.3 cm³/mol. The molecule has 0 aromatic rings. The first-order valence-electron chi connectivity index (χ1n) is 6.03. The molecule has 3 aliphatic carbocycles. The van der Waals surface area contributed by atoms with Crippen LogP contribution < -0.4 is 0 Å². The van der Waals surface area contributed by atoms with Gasteiger partial charge in [-0.05, 0) is 11.8 Å². The Kier molecular flexibility index (Phi) is 2.45. The number of hydrogen-bond donors (Lipinski definition) is 0. The Labute approximate surface area is 111 Å². The molecule has 0 radical (unpaired) electrons. The SMILES string of the molecule is CC1(C)CC2CC(=O)C1C(C#N)(C#N)C2(C#N)C#N. The van der Waals surface area contributed by atoms with Gasteiger partial charge in [-0.2, -0.15) is 21.0 Å². The third-order valence-corrected chi connectivity index (χ3v) is 4.70. The summed E-state index contributed by atoms with van der Waals surface area (Å²) in [6.45, 7) is 3.65. The summed E-state index contributed by atoms with van der Waals surface area (Å²) >= 11 is 0. The van der Waals surface area contributed by atoms with Gasteiger partial charge in [0.15, 0.2) is 10.8 Å². The fourth-order valence-electron chi connectivity index (χ4n) is 4.02. The molecule has 3 fully saturated rings. The van der Waals surface area contributed by atoms with Crippen LogP contribution in [0.15, 0.2) is 0 Å². The van der Waals surface area contributed by atoms with Gasteiger partial charge in [-0.15, -0.1) is 0 Å². The zero-order chi connectivity index (χ0) is 14.5. The molecule has 0 heterocycles. The van der Waals surface area contributed by atoms with Crippen LogP contribution >= 0.6 is 0 Å². The molecule has 19 heavy (non-hydrogen) atoms. The molecular weight excluding hydrogens is 240 g/mol. The van der Waals surface area contributed by atoms with E-state index >= 15 is 0 Å². The van der Waals surface area contributed by atoms with Gasteiger partial charge in [-0.25, -0.2) is 0 Å². The molecule has 3 saturated carbocycles. The number of nitrogens with zero attached hydrogens (tertiary/aromatic N) is 4. The van der Waals surface area contributed by atoms with E-state index in [-0.39, 0.29) is 12.2 Å². The average molecular weight is 252 g/mol. The van der Waals surface area contributed by atoms with Crippen molar-refractivity contribution in [3.63, 3.8) is 0 Å². The summed E-state index contributed by atoms with van der Waals surface area (Å²) in [6.07, 6.45) is 0.621. The van der Waals surface area contributed by atoms with Crippen LogP contribution in [0.25, 0.3) is 0 Å². The Morgan fingerprint density at radius 1 is 1.00 bits per heavy atom. The van der Waals surface area contributed by atoms with E-state index in [9.17, 15) is 25.8 Å². The molecule has 0 N–H and O–H groups in total. The Hall–Kier alpha value is -2.37. The first-order valence-corrected chi connectivity index (χ1v) is 6.03. The van der Waals surface area contributed by atoms with Crippen LogP contribution in [0.2, 0.25) is 0 Å². The van der Waals surface area contributed by atoms with Gasteiger partial charge in [-0.1, -0.05) is 13.8 Å². The first kappa shape index (κ1) is 13.1. The average Bonchev–Trinajstić information content (AvgIpc) is 2.36. The second-order valence-corrected chi connectivity index (χ2v) is 6.06. The van der Waals surface area contributed by atoms with Crippen LogP contribution in [-0.4, -0.2) is 5.78 Å².